The second-order valence-electron chi connectivity index (χ2n) is 8.06. The number of hydrogen-bond acceptors (Lipinski definition) is 2. The smallest absolute Gasteiger partial charge is 0.320 e. The van der Waals surface area contributed by atoms with Gasteiger partial charge in [0.1, 0.15) is 6.04 Å². The Balaban J connectivity index is 1.83. The van der Waals surface area contributed by atoms with Gasteiger partial charge in [0.2, 0.25) is 0 Å². The molecule has 3 nitrogen and oxygen atoms in total. The summed E-state index contributed by atoms with van der Waals surface area (Å²) in [6.07, 6.45) is 10.9. The molecule has 1 aliphatic heterocycles. The van der Waals surface area contributed by atoms with Gasteiger partial charge >= 0.3 is 5.97 Å². The van der Waals surface area contributed by atoms with Crippen molar-refractivity contribution < 1.29 is 9.90 Å². The second-order valence-corrected chi connectivity index (χ2v) is 8.06. The molecular weight excluding hydrogens is 262 g/mol. The lowest BCUT2D eigenvalue weighted by Gasteiger charge is -2.52. The van der Waals surface area contributed by atoms with Crippen molar-refractivity contribution >= 4 is 5.97 Å². The van der Waals surface area contributed by atoms with Crippen LogP contribution in [0.15, 0.2) is 0 Å². The molecule has 21 heavy (non-hydrogen) atoms. The highest BCUT2D eigenvalue weighted by atomic mass is 16.4. The van der Waals surface area contributed by atoms with Crippen molar-refractivity contribution in [2.75, 3.05) is 0 Å². The monoisotopic (exact) mass is 293 g/mol. The standard InChI is InChI=1S/C18H31NO2/c1-12-9-13(2)11-15(10-12)19-16-6-4-3-5-14(16)7-8-17(19)18(20)21/h12-17H,3-11H2,1-2H3,(H,20,21). The van der Waals surface area contributed by atoms with Gasteiger partial charge in [-0.05, 0) is 62.7 Å². The maximum Gasteiger partial charge on any atom is 0.320 e. The molecule has 0 spiro atoms. The topological polar surface area (TPSA) is 40.5 Å². The molecule has 1 heterocycles. The van der Waals surface area contributed by atoms with E-state index in [9.17, 15) is 9.90 Å². The molecule has 0 amide bonds. The lowest BCUT2D eigenvalue weighted by Crippen LogP contribution is -2.60. The molecule has 1 N–H and O–H groups in total. The molecule has 0 aromatic rings. The molecule has 0 bridgehead atoms. The molecule has 120 valence electrons. The number of hydrogen-bond donors (Lipinski definition) is 1. The van der Waals surface area contributed by atoms with Gasteiger partial charge in [-0.2, -0.15) is 0 Å². The molecular formula is C18H31NO2. The van der Waals surface area contributed by atoms with Crippen LogP contribution in [0, 0.1) is 17.8 Å². The Labute approximate surface area is 129 Å². The molecule has 0 aromatic heterocycles. The third kappa shape index (κ3) is 3.13. The zero-order valence-corrected chi connectivity index (χ0v) is 13.6. The van der Waals surface area contributed by atoms with Gasteiger partial charge in [0.05, 0.1) is 0 Å². The number of aliphatic carboxylic acids is 1. The summed E-state index contributed by atoms with van der Waals surface area (Å²) in [7, 11) is 0. The highest BCUT2D eigenvalue weighted by Crippen LogP contribution is 2.42. The summed E-state index contributed by atoms with van der Waals surface area (Å²) in [5.74, 6) is 1.68. The van der Waals surface area contributed by atoms with E-state index in [1.807, 2.05) is 0 Å². The van der Waals surface area contributed by atoms with Crippen LogP contribution in [0.5, 0.6) is 0 Å². The Bertz CT molecular complexity index is 373. The van der Waals surface area contributed by atoms with E-state index in [4.69, 9.17) is 0 Å². The molecule has 3 heteroatoms. The molecule has 2 aliphatic carbocycles. The van der Waals surface area contributed by atoms with Crippen LogP contribution in [0.25, 0.3) is 0 Å². The maximum absolute atomic E-state index is 11.8. The van der Waals surface area contributed by atoms with Crippen LogP contribution in [0.2, 0.25) is 0 Å². The minimum absolute atomic E-state index is 0.216. The van der Waals surface area contributed by atoms with E-state index >= 15 is 0 Å². The number of carboxylic acids is 1. The highest BCUT2D eigenvalue weighted by molar-refractivity contribution is 5.73. The summed E-state index contributed by atoms with van der Waals surface area (Å²) in [6, 6.07) is 0.846. The van der Waals surface area contributed by atoms with Gasteiger partial charge < -0.3 is 5.11 Å². The zero-order chi connectivity index (χ0) is 15.0. The van der Waals surface area contributed by atoms with Crippen LogP contribution in [-0.4, -0.2) is 34.1 Å². The Morgan fingerprint density at radius 2 is 1.62 bits per heavy atom. The van der Waals surface area contributed by atoms with E-state index in [0.717, 1.165) is 30.6 Å². The number of carbonyl (C=O) groups is 1. The average Bonchev–Trinajstić information content (AvgIpc) is 2.44. The summed E-state index contributed by atoms with van der Waals surface area (Å²) in [5.41, 5.74) is 0. The van der Waals surface area contributed by atoms with Crippen LogP contribution in [0.3, 0.4) is 0 Å². The largest absolute Gasteiger partial charge is 0.480 e. The molecule has 3 fully saturated rings. The van der Waals surface area contributed by atoms with Crippen molar-refractivity contribution in [3.8, 4) is 0 Å². The van der Waals surface area contributed by atoms with Crippen LogP contribution < -0.4 is 0 Å². The van der Waals surface area contributed by atoms with Gasteiger partial charge in [0, 0.05) is 12.1 Å². The molecule has 2 saturated carbocycles. The van der Waals surface area contributed by atoms with E-state index < -0.39 is 5.97 Å². The van der Waals surface area contributed by atoms with Gasteiger partial charge in [-0.25, -0.2) is 0 Å². The van der Waals surface area contributed by atoms with Crippen molar-refractivity contribution in [3.63, 3.8) is 0 Å². The van der Waals surface area contributed by atoms with Crippen LogP contribution >= 0.6 is 0 Å². The number of nitrogens with zero attached hydrogens (tertiary/aromatic N) is 1. The number of carboxylic acid groups (broad SMARTS) is 1. The highest BCUT2D eigenvalue weighted by Gasteiger charge is 2.45. The van der Waals surface area contributed by atoms with Crippen molar-refractivity contribution in [1.29, 1.82) is 0 Å². The molecule has 1 saturated heterocycles. The Morgan fingerprint density at radius 3 is 2.29 bits per heavy atom. The SMILES string of the molecule is CC1CC(C)CC(N2C(C(=O)O)CCC3CCCCC32)C1. The van der Waals surface area contributed by atoms with Gasteiger partial charge in [0.25, 0.3) is 0 Å². The molecule has 3 aliphatic rings. The van der Waals surface area contributed by atoms with Gasteiger partial charge in [-0.3, -0.25) is 9.69 Å². The van der Waals surface area contributed by atoms with Crippen molar-refractivity contribution in [1.82, 2.24) is 4.90 Å². The zero-order valence-electron chi connectivity index (χ0n) is 13.6. The lowest BCUT2D eigenvalue weighted by atomic mass is 9.72. The average molecular weight is 293 g/mol. The third-order valence-corrected chi connectivity index (χ3v) is 6.28. The van der Waals surface area contributed by atoms with E-state index in [-0.39, 0.29) is 6.04 Å². The first-order valence-electron chi connectivity index (χ1n) is 9.06. The predicted molar refractivity (Wildman–Crippen MR) is 84.2 cm³/mol. The minimum atomic E-state index is -0.579. The van der Waals surface area contributed by atoms with Crippen LogP contribution in [-0.2, 0) is 4.79 Å². The fourth-order valence-electron chi connectivity index (χ4n) is 5.59. The summed E-state index contributed by atoms with van der Waals surface area (Å²) in [6.45, 7) is 4.70. The minimum Gasteiger partial charge on any atom is -0.480 e. The molecule has 0 aromatic carbocycles. The lowest BCUT2D eigenvalue weighted by molar-refractivity contribution is -0.152. The van der Waals surface area contributed by atoms with Gasteiger partial charge in [0.15, 0.2) is 0 Å². The van der Waals surface area contributed by atoms with E-state index in [1.165, 1.54) is 44.9 Å². The second kappa shape index (κ2) is 6.28. The Morgan fingerprint density at radius 1 is 0.952 bits per heavy atom. The first kappa shape index (κ1) is 15.3. The van der Waals surface area contributed by atoms with Crippen LogP contribution in [0.1, 0.15) is 71.6 Å². The molecule has 0 radical (unpaired) electrons. The molecule has 5 unspecified atom stereocenters. The molecule has 5 atom stereocenters. The van der Waals surface area contributed by atoms with E-state index in [0.29, 0.717) is 12.1 Å². The van der Waals surface area contributed by atoms with E-state index in [1.54, 1.807) is 0 Å². The van der Waals surface area contributed by atoms with Crippen LogP contribution in [0.4, 0.5) is 0 Å². The maximum atomic E-state index is 11.8. The summed E-state index contributed by atoms with van der Waals surface area (Å²) in [4.78, 5) is 14.3. The normalized spacial score (nSPS) is 45.0. The number of fused-ring (bicyclic) bond motifs is 1. The third-order valence-electron chi connectivity index (χ3n) is 6.28. The first-order valence-corrected chi connectivity index (χ1v) is 9.06. The van der Waals surface area contributed by atoms with E-state index in [2.05, 4.69) is 18.7 Å². The van der Waals surface area contributed by atoms with Crippen molar-refractivity contribution in [3.05, 3.63) is 0 Å². The fourth-order valence-corrected chi connectivity index (χ4v) is 5.59. The molecule has 3 rings (SSSR count). The first-order chi connectivity index (χ1) is 10.1. The Kier molecular flexibility index (Phi) is 4.58. The summed E-state index contributed by atoms with van der Waals surface area (Å²) in [5, 5.41) is 9.72. The van der Waals surface area contributed by atoms with Gasteiger partial charge in [-0.15, -0.1) is 0 Å². The summed E-state index contributed by atoms with van der Waals surface area (Å²) < 4.78 is 0. The number of likely N-dealkylation sites (tertiary alicyclic amines) is 1. The fraction of sp³-hybridized carbons (Fsp3) is 0.944. The quantitative estimate of drug-likeness (QED) is 0.839. The van der Waals surface area contributed by atoms with Gasteiger partial charge in [-0.1, -0.05) is 26.7 Å². The van der Waals surface area contributed by atoms with Crippen molar-refractivity contribution in [2.45, 2.75) is 89.8 Å². The predicted octanol–water partition coefficient (Wildman–Crippen LogP) is 3.92. The van der Waals surface area contributed by atoms with Crippen molar-refractivity contribution in [2.24, 2.45) is 17.8 Å². The summed E-state index contributed by atoms with van der Waals surface area (Å²) >= 11 is 0. The number of piperidine rings is 1. The number of rotatable bonds is 2. The Hall–Kier alpha value is -0.570.